The van der Waals surface area contributed by atoms with Gasteiger partial charge < -0.3 is 10.3 Å². The molecule has 0 saturated heterocycles. The van der Waals surface area contributed by atoms with Crippen LogP contribution in [-0.2, 0) is 6.54 Å². The summed E-state index contributed by atoms with van der Waals surface area (Å²) in [6.45, 7) is 5.01. The van der Waals surface area contributed by atoms with E-state index >= 15 is 0 Å². The van der Waals surface area contributed by atoms with E-state index in [4.69, 9.17) is 5.73 Å². The SMILES string of the molecule is CCCN(CCn1cc(N)ccc1=O)C1CC1. The van der Waals surface area contributed by atoms with Gasteiger partial charge in [-0.25, -0.2) is 0 Å². The number of anilines is 1. The first-order chi connectivity index (χ1) is 8.20. The maximum absolute atomic E-state index is 11.6. The van der Waals surface area contributed by atoms with E-state index in [0.717, 1.165) is 25.7 Å². The molecule has 0 unspecified atom stereocenters. The lowest BCUT2D eigenvalue weighted by Gasteiger charge is -2.21. The molecule has 1 fully saturated rings. The van der Waals surface area contributed by atoms with Crippen LogP contribution in [0.2, 0.25) is 0 Å². The van der Waals surface area contributed by atoms with E-state index in [9.17, 15) is 4.79 Å². The Labute approximate surface area is 102 Å². The van der Waals surface area contributed by atoms with E-state index in [1.54, 1.807) is 16.8 Å². The maximum atomic E-state index is 11.6. The molecule has 2 N–H and O–H groups in total. The van der Waals surface area contributed by atoms with Gasteiger partial charge in [0, 0.05) is 37.1 Å². The summed E-state index contributed by atoms with van der Waals surface area (Å²) in [4.78, 5) is 14.1. The zero-order chi connectivity index (χ0) is 12.3. The monoisotopic (exact) mass is 235 g/mol. The molecule has 1 aromatic rings. The van der Waals surface area contributed by atoms with Gasteiger partial charge in [-0.3, -0.25) is 9.69 Å². The van der Waals surface area contributed by atoms with Crippen molar-refractivity contribution in [2.45, 2.75) is 38.8 Å². The topological polar surface area (TPSA) is 51.3 Å². The molecule has 0 atom stereocenters. The van der Waals surface area contributed by atoms with Gasteiger partial charge in [-0.15, -0.1) is 0 Å². The van der Waals surface area contributed by atoms with Crippen LogP contribution in [0.4, 0.5) is 5.69 Å². The molecule has 4 nitrogen and oxygen atoms in total. The summed E-state index contributed by atoms with van der Waals surface area (Å²) in [6.07, 6.45) is 5.53. The highest BCUT2D eigenvalue weighted by Gasteiger charge is 2.27. The fourth-order valence-electron chi connectivity index (χ4n) is 2.16. The Bertz CT molecular complexity index is 423. The fraction of sp³-hybridized carbons (Fsp3) is 0.615. The average molecular weight is 235 g/mol. The molecule has 1 aliphatic carbocycles. The number of nitrogens with zero attached hydrogens (tertiary/aromatic N) is 2. The summed E-state index contributed by atoms with van der Waals surface area (Å²) in [6, 6.07) is 3.95. The maximum Gasteiger partial charge on any atom is 0.250 e. The average Bonchev–Trinajstić information content (AvgIpc) is 3.12. The van der Waals surface area contributed by atoms with Crippen LogP contribution in [0.5, 0.6) is 0 Å². The van der Waals surface area contributed by atoms with Crippen molar-refractivity contribution in [1.82, 2.24) is 9.47 Å². The summed E-state index contributed by atoms with van der Waals surface area (Å²) in [5.74, 6) is 0. The van der Waals surface area contributed by atoms with Gasteiger partial charge in [-0.2, -0.15) is 0 Å². The number of pyridine rings is 1. The van der Waals surface area contributed by atoms with Crippen LogP contribution >= 0.6 is 0 Å². The first-order valence-corrected chi connectivity index (χ1v) is 6.40. The van der Waals surface area contributed by atoms with Crippen LogP contribution in [0, 0.1) is 0 Å². The van der Waals surface area contributed by atoms with E-state index in [1.807, 2.05) is 0 Å². The van der Waals surface area contributed by atoms with Crippen LogP contribution in [0.25, 0.3) is 0 Å². The van der Waals surface area contributed by atoms with Crippen LogP contribution < -0.4 is 11.3 Å². The minimum absolute atomic E-state index is 0.0337. The van der Waals surface area contributed by atoms with Crippen molar-refractivity contribution >= 4 is 5.69 Å². The van der Waals surface area contributed by atoms with Crippen molar-refractivity contribution in [3.8, 4) is 0 Å². The number of hydrogen-bond acceptors (Lipinski definition) is 3. The predicted molar refractivity (Wildman–Crippen MR) is 70.0 cm³/mol. The highest BCUT2D eigenvalue weighted by molar-refractivity contribution is 5.33. The van der Waals surface area contributed by atoms with Gasteiger partial charge in [-0.05, 0) is 31.9 Å². The molecule has 0 aliphatic heterocycles. The normalized spacial score (nSPS) is 15.4. The molecule has 2 rings (SSSR count). The summed E-state index contributed by atoms with van der Waals surface area (Å²) >= 11 is 0. The van der Waals surface area contributed by atoms with Crippen molar-refractivity contribution < 1.29 is 0 Å². The third-order valence-corrected chi connectivity index (χ3v) is 3.21. The molecule has 1 aliphatic rings. The van der Waals surface area contributed by atoms with Crippen LogP contribution in [0.15, 0.2) is 23.1 Å². The molecular formula is C13H21N3O. The Morgan fingerprint density at radius 3 is 2.82 bits per heavy atom. The first-order valence-electron chi connectivity index (χ1n) is 6.40. The van der Waals surface area contributed by atoms with Crippen LogP contribution in [0.1, 0.15) is 26.2 Å². The van der Waals surface area contributed by atoms with Gasteiger partial charge in [0.1, 0.15) is 0 Å². The summed E-state index contributed by atoms with van der Waals surface area (Å²) < 4.78 is 1.71. The highest BCUT2D eigenvalue weighted by atomic mass is 16.1. The summed E-state index contributed by atoms with van der Waals surface area (Å²) in [5, 5.41) is 0. The number of nitrogens with two attached hydrogens (primary N) is 1. The minimum atomic E-state index is 0.0337. The smallest absolute Gasteiger partial charge is 0.250 e. The summed E-state index contributed by atoms with van der Waals surface area (Å²) in [5.41, 5.74) is 6.38. The molecule has 1 saturated carbocycles. The Hall–Kier alpha value is -1.29. The van der Waals surface area contributed by atoms with Crippen molar-refractivity contribution in [1.29, 1.82) is 0 Å². The lowest BCUT2D eigenvalue weighted by molar-refractivity contribution is 0.252. The van der Waals surface area contributed by atoms with Crippen molar-refractivity contribution in [3.63, 3.8) is 0 Å². The molecule has 0 bridgehead atoms. The second kappa shape index (κ2) is 5.36. The fourth-order valence-corrected chi connectivity index (χ4v) is 2.16. The number of aromatic nitrogens is 1. The van der Waals surface area contributed by atoms with Crippen molar-refractivity contribution in [3.05, 3.63) is 28.7 Å². The Kier molecular flexibility index (Phi) is 3.84. The van der Waals surface area contributed by atoms with Crippen molar-refractivity contribution in [2.24, 2.45) is 0 Å². The molecule has 0 aromatic carbocycles. The second-order valence-electron chi connectivity index (χ2n) is 4.76. The lowest BCUT2D eigenvalue weighted by Crippen LogP contribution is -2.33. The van der Waals surface area contributed by atoms with E-state index in [1.165, 1.54) is 25.3 Å². The van der Waals surface area contributed by atoms with Gasteiger partial charge in [0.25, 0.3) is 5.56 Å². The van der Waals surface area contributed by atoms with E-state index in [2.05, 4.69) is 11.8 Å². The highest BCUT2D eigenvalue weighted by Crippen LogP contribution is 2.26. The largest absolute Gasteiger partial charge is 0.398 e. The Morgan fingerprint density at radius 1 is 1.41 bits per heavy atom. The third-order valence-electron chi connectivity index (χ3n) is 3.21. The van der Waals surface area contributed by atoms with Crippen molar-refractivity contribution in [2.75, 3.05) is 18.8 Å². The van der Waals surface area contributed by atoms with Gasteiger partial charge in [0.05, 0.1) is 0 Å². The Morgan fingerprint density at radius 2 is 2.18 bits per heavy atom. The Balaban J connectivity index is 1.95. The summed E-state index contributed by atoms with van der Waals surface area (Å²) in [7, 11) is 0. The van der Waals surface area contributed by atoms with Gasteiger partial charge >= 0.3 is 0 Å². The molecule has 0 radical (unpaired) electrons. The predicted octanol–water partition coefficient (Wildman–Crippen LogP) is 1.30. The standard InChI is InChI=1S/C13H21N3O/c1-2-7-15(12-4-5-12)8-9-16-10-11(14)3-6-13(16)17/h3,6,10,12H,2,4-5,7-9,14H2,1H3. The van der Waals surface area contributed by atoms with E-state index in [-0.39, 0.29) is 5.56 Å². The molecule has 0 amide bonds. The quantitative estimate of drug-likeness (QED) is 0.808. The lowest BCUT2D eigenvalue weighted by atomic mass is 10.3. The number of rotatable bonds is 6. The molecule has 17 heavy (non-hydrogen) atoms. The van der Waals surface area contributed by atoms with E-state index in [0.29, 0.717) is 5.69 Å². The number of nitrogen functional groups attached to an aromatic ring is 1. The molecule has 1 heterocycles. The van der Waals surface area contributed by atoms with E-state index < -0.39 is 0 Å². The molecule has 4 heteroatoms. The van der Waals surface area contributed by atoms with Crippen LogP contribution in [-0.4, -0.2) is 28.6 Å². The zero-order valence-corrected chi connectivity index (χ0v) is 10.4. The van der Waals surface area contributed by atoms with Gasteiger partial charge in [0.2, 0.25) is 0 Å². The van der Waals surface area contributed by atoms with Crippen LogP contribution in [0.3, 0.4) is 0 Å². The number of hydrogen-bond donors (Lipinski definition) is 1. The molecule has 0 spiro atoms. The first kappa shape index (κ1) is 12.2. The van der Waals surface area contributed by atoms with Gasteiger partial charge in [0.15, 0.2) is 0 Å². The second-order valence-corrected chi connectivity index (χ2v) is 4.76. The molecule has 94 valence electrons. The third kappa shape index (κ3) is 3.33. The van der Waals surface area contributed by atoms with Gasteiger partial charge in [-0.1, -0.05) is 6.92 Å². The molecular weight excluding hydrogens is 214 g/mol. The molecule has 1 aromatic heterocycles. The zero-order valence-electron chi connectivity index (χ0n) is 10.4. The minimum Gasteiger partial charge on any atom is -0.398 e.